The van der Waals surface area contributed by atoms with Crippen molar-refractivity contribution in [3.63, 3.8) is 0 Å². The molecule has 0 aromatic carbocycles. The van der Waals surface area contributed by atoms with Gasteiger partial charge in [-0.15, -0.1) is 0 Å². The van der Waals surface area contributed by atoms with Crippen molar-refractivity contribution in [1.82, 2.24) is 10.3 Å². The van der Waals surface area contributed by atoms with E-state index in [1.807, 2.05) is 6.92 Å². The summed E-state index contributed by atoms with van der Waals surface area (Å²) in [6.07, 6.45) is 14.7. The Hall–Kier alpha value is -1.36. The van der Waals surface area contributed by atoms with E-state index < -0.39 is 0 Å². The molecular weight excluding hydrogens is 318 g/mol. The molecule has 1 saturated carbocycles. The molecule has 0 unspecified atom stereocenters. The highest BCUT2D eigenvalue weighted by Gasteiger charge is 2.18. The minimum Gasteiger partial charge on any atom is -0.359 e. The molecule has 24 heavy (non-hydrogen) atoms. The van der Waals surface area contributed by atoms with Crippen LogP contribution in [-0.4, -0.2) is 23.5 Å². The molecule has 2 aliphatic rings. The van der Waals surface area contributed by atoms with Gasteiger partial charge in [-0.3, -0.25) is 4.79 Å². The molecule has 1 heterocycles. The van der Waals surface area contributed by atoms with Gasteiger partial charge in [-0.2, -0.15) is 0 Å². The lowest BCUT2D eigenvalue weighted by Gasteiger charge is -2.22. The molecule has 2 aliphatic carbocycles. The highest BCUT2D eigenvalue weighted by atomic mass is 32.1. The van der Waals surface area contributed by atoms with Crippen molar-refractivity contribution >= 4 is 22.4 Å². The standard InChI is InChI=1S/C19H29N3OS/c1-14-17(18(23)20-13-12-15-8-4-2-5-9-15)24-19(21-14)22-16-10-6-3-7-11-16/h8,16H,2-7,9-13H2,1H3,(H,20,23)(H,21,22). The largest absolute Gasteiger partial charge is 0.359 e. The van der Waals surface area contributed by atoms with E-state index in [-0.39, 0.29) is 5.91 Å². The molecule has 0 spiro atoms. The number of thiazole rings is 1. The number of nitrogens with zero attached hydrogens (tertiary/aromatic N) is 1. The number of allylic oxidation sites excluding steroid dienone is 1. The van der Waals surface area contributed by atoms with E-state index in [2.05, 4.69) is 21.7 Å². The Morgan fingerprint density at radius 2 is 2.08 bits per heavy atom. The summed E-state index contributed by atoms with van der Waals surface area (Å²) in [5.74, 6) is 0.0260. The van der Waals surface area contributed by atoms with Crippen LogP contribution >= 0.6 is 11.3 Å². The number of carbonyl (C=O) groups is 1. The maximum atomic E-state index is 12.4. The smallest absolute Gasteiger partial charge is 0.263 e. The molecule has 0 bridgehead atoms. The quantitative estimate of drug-likeness (QED) is 0.726. The molecule has 4 nitrogen and oxygen atoms in total. The molecule has 1 aromatic heterocycles. The van der Waals surface area contributed by atoms with Gasteiger partial charge >= 0.3 is 0 Å². The lowest BCUT2D eigenvalue weighted by atomic mass is 9.96. The van der Waals surface area contributed by atoms with Crippen LogP contribution in [0.25, 0.3) is 0 Å². The Balaban J connectivity index is 1.49. The first-order valence-electron chi connectivity index (χ1n) is 9.42. The first-order valence-corrected chi connectivity index (χ1v) is 10.2. The zero-order valence-electron chi connectivity index (χ0n) is 14.7. The number of carbonyl (C=O) groups excluding carboxylic acids is 1. The third-order valence-corrected chi connectivity index (χ3v) is 6.14. The summed E-state index contributed by atoms with van der Waals surface area (Å²) in [4.78, 5) is 17.7. The Morgan fingerprint density at radius 1 is 1.25 bits per heavy atom. The fourth-order valence-electron chi connectivity index (χ4n) is 3.64. The van der Waals surface area contributed by atoms with Gasteiger partial charge < -0.3 is 10.6 Å². The number of nitrogens with one attached hydrogen (secondary N) is 2. The van der Waals surface area contributed by atoms with Gasteiger partial charge in [-0.25, -0.2) is 4.98 Å². The Kier molecular flexibility index (Phi) is 6.30. The van der Waals surface area contributed by atoms with Gasteiger partial charge in [0.25, 0.3) is 5.91 Å². The third kappa shape index (κ3) is 4.82. The van der Waals surface area contributed by atoms with Crippen LogP contribution in [0.15, 0.2) is 11.6 Å². The minimum absolute atomic E-state index is 0.0260. The van der Waals surface area contributed by atoms with Crippen molar-refractivity contribution < 1.29 is 4.79 Å². The predicted octanol–water partition coefficient (Wildman–Crippen LogP) is 4.82. The molecular formula is C19H29N3OS. The van der Waals surface area contributed by atoms with Crippen LogP contribution in [-0.2, 0) is 0 Å². The van der Waals surface area contributed by atoms with Crippen LogP contribution in [0, 0.1) is 6.92 Å². The maximum Gasteiger partial charge on any atom is 0.263 e. The van der Waals surface area contributed by atoms with E-state index in [9.17, 15) is 4.79 Å². The van der Waals surface area contributed by atoms with E-state index >= 15 is 0 Å². The SMILES string of the molecule is Cc1nc(NC2CCCCC2)sc1C(=O)NCCC1=CCCCC1. The second kappa shape index (κ2) is 8.65. The monoisotopic (exact) mass is 347 g/mol. The van der Waals surface area contributed by atoms with Crippen LogP contribution < -0.4 is 10.6 Å². The Morgan fingerprint density at radius 3 is 2.83 bits per heavy atom. The molecule has 1 aromatic rings. The van der Waals surface area contributed by atoms with Crippen LogP contribution in [0.1, 0.15) is 79.6 Å². The minimum atomic E-state index is 0.0260. The summed E-state index contributed by atoms with van der Waals surface area (Å²) >= 11 is 1.50. The molecule has 0 saturated heterocycles. The summed E-state index contributed by atoms with van der Waals surface area (Å²) < 4.78 is 0. The summed E-state index contributed by atoms with van der Waals surface area (Å²) in [5.41, 5.74) is 2.34. The van der Waals surface area contributed by atoms with Crippen molar-refractivity contribution in [1.29, 1.82) is 0 Å². The maximum absolute atomic E-state index is 12.4. The van der Waals surface area contributed by atoms with E-state index in [4.69, 9.17) is 0 Å². The summed E-state index contributed by atoms with van der Waals surface area (Å²) in [6, 6.07) is 0.526. The number of aryl methyl sites for hydroxylation is 1. The number of rotatable bonds is 6. The fourth-order valence-corrected chi connectivity index (χ4v) is 4.60. The lowest BCUT2D eigenvalue weighted by molar-refractivity contribution is 0.0957. The molecule has 0 radical (unpaired) electrons. The van der Waals surface area contributed by atoms with Gasteiger partial charge in [0.2, 0.25) is 0 Å². The Bertz CT molecular complexity index is 587. The number of amides is 1. The van der Waals surface area contributed by atoms with Crippen LogP contribution in [0.3, 0.4) is 0 Å². The molecule has 0 aliphatic heterocycles. The van der Waals surface area contributed by atoms with Crippen LogP contribution in [0.5, 0.6) is 0 Å². The van der Waals surface area contributed by atoms with Crippen molar-refractivity contribution in [2.45, 2.75) is 77.2 Å². The fraction of sp³-hybridized carbons (Fsp3) is 0.684. The second-order valence-electron chi connectivity index (χ2n) is 7.03. The predicted molar refractivity (Wildman–Crippen MR) is 101 cm³/mol. The van der Waals surface area contributed by atoms with E-state index in [1.54, 1.807) is 0 Å². The van der Waals surface area contributed by atoms with Crippen LogP contribution in [0.4, 0.5) is 5.13 Å². The summed E-state index contributed by atoms with van der Waals surface area (Å²) in [5, 5.41) is 7.49. The third-order valence-electron chi connectivity index (χ3n) is 5.05. The first-order chi connectivity index (χ1) is 11.7. The lowest BCUT2D eigenvalue weighted by Crippen LogP contribution is -2.24. The number of anilines is 1. The van der Waals surface area contributed by atoms with Gasteiger partial charge in [0.05, 0.1) is 5.69 Å². The summed E-state index contributed by atoms with van der Waals surface area (Å²) in [7, 11) is 0. The highest BCUT2D eigenvalue weighted by molar-refractivity contribution is 7.17. The average molecular weight is 348 g/mol. The molecule has 0 atom stereocenters. The molecule has 132 valence electrons. The van der Waals surface area contributed by atoms with Crippen molar-refractivity contribution in [2.75, 3.05) is 11.9 Å². The van der Waals surface area contributed by atoms with Gasteiger partial charge in [-0.1, -0.05) is 42.2 Å². The van der Waals surface area contributed by atoms with E-state index in [0.717, 1.165) is 28.7 Å². The second-order valence-corrected chi connectivity index (χ2v) is 8.03. The van der Waals surface area contributed by atoms with Gasteiger partial charge in [0.1, 0.15) is 4.88 Å². The molecule has 1 fully saturated rings. The van der Waals surface area contributed by atoms with Gasteiger partial charge in [0, 0.05) is 12.6 Å². The highest BCUT2D eigenvalue weighted by Crippen LogP contribution is 2.27. The van der Waals surface area contributed by atoms with Gasteiger partial charge in [-0.05, 0) is 51.9 Å². The average Bonchev–Trinajstić information content (AvgIpc) is 2.97. The zero-order valence-corrected chi connectivity index (χ0v) is 15.5. The van der Waals surface area contributed by atoms with Crippen molar-refractivity contribution in [3.8, 4) is 0 Å². The Labute approximate surface area is 149 Å². The molecule has 5 heteroatoms. The number of hydrogen-bond acceptors (Lipinski definition) is 4. The normalized spacial score (nSPS) is 19.0. The summed E-state index contributed by atoms with van der Waals surface area (Å²) in [6.45, 7) is 2.66. The molecule has 2 N–H and O–H groups in total. The van der Waals surface area contributed by atoms with Crippen LogP contribution in [0.2, 0.25) is 0 Å². The number of aromatic nitrogens is 1. The van der Waals surface area contributed by atoms with Crippen molar-refractivity contribution in [3.05, 3.63) is 22.2 Å². The van der Waals surface area contributed by atoms with Crippen molar-refractivity contribution in [2.24, 2.45) is 0 Å². The van der Waals surface area contributed by atoms with E-state index in [0.29, 0.717) is 6.04 Å². The topological polar surface area (TPSA) is 54.0 Å². The van der Waals surface area contributed by atoms with E-state index in [1.165, 1.54) is 74.7 Å². The zero-order chi connectivity index (χ0) is 16.8. The first kappa shape index (κ1) is 17.5. The number of hydrogen-bond donors (Lipinski definition) is 2. The molecule has 1 amide bonds. The van der Waals surface area contributed by atoms with Gasteiger partial charge in [0.15, 0.2) is 5.13 Å². The molecule has 3 rings (SSSR count).